The molecule has 53 heavy (non-hydrogen) atoms. The summed E-state index contributed by atoms with van der Waals surface area (Å²) in [5, 5.41) is 19.2. The van der Waals surface area contributed by atoms with Crippen LogP contribution >= 0.6 is 0 Å². The van der Waals surface area contributed by atoms with E-state index in [1.54, 1.807) is 38.5 Å². The molecule has 0 bridgehead atoms. The van der Waals surface area contributed by atoms with E-state index >= 15 is 0 Å². The van der Waals surface area contributed by atoms with Crippen molar-refractivity contribution in [2.75, 3.05) is 27.4 Å². The quantitative estimate of drug-likeness (QED) is 0.157. The monoisotopic (exact) mass is 723 g/mol. The first-order valence-corrected chi connectivity index (χ1v) is 18.9. The van der Waals surface area contributed by atoms with E-state index in [2.05, 4.69) is 41.4 Å². The standard InChI is InChI=1S/C21H25BO4.C20H23BFNO4/c1-24-20-10-9-17(12-21(20)26-19-7-2-3-8-19)15-5-4-6-16(11-15)18-13-22(23)25-14-18;1-25-18-9-6-13(10-19(18)27-15-4-2-3-5-15)20-16(22)7-8-17(23-20)14-11-21(24)26-12-14/h4-6,9-12,18-19,23H,2-3,7-8,13-14H2,1H3;6-10,14-15,24H,2-5,11-12H2,1H3/t18-;14-/m10/s1. The molecule has 2 aliphatic heterocycles. The Labute approximate surface area is 312 Å². The highest BCUT2D eigenvalue weighted by Crippen LogP contribution is 2.39. The molecule has 9 nitrogen and oxygen atoms in total. The number of methoxy groups -OCH3 is 2. The third-order valence-corrected chi connectivity index (χ3v) is 10.7. The van der Waals surface area contributed by atoms with Gasteiger partial charge in [-0.2, -0.15) is 0 Å². The zero-order valence-corrected chi connectivity index (χ0v) is 30.5. The first kappa shape index (κ1) is 37.2. The fraction of sp³-hybridized carbons (Fsp3) is 0.439. The first-order chi connectivity index (χ1) is 25.9. The van der Waals surface area contributed by atoms with Gasteiger partial charge in [-0.3, -0.25) is 0 Å². The van der Waals surface area contributed by atoms with E-state index in [4.69, 9.17) is 28.3 Å². The Morgan fingerprint density at radius 3 is 1.75 bits per heavy atom. The lowest BCUT2D eigenvalue weighted by Crippen LogP contribution is -2.11. The lowest BCUT2D eigenvalue weighted by atomic mass is 9.79. The molecule has 4 fully saturated rings. The molecule has 2 saturated carbocycles. The number of rotatable bonds is 10. The van der Waals surface area contributed by atoms with Crippen LogP contribution in [0, 0.1) is 5.82 Å². The molecule has 0 unspecified atom stereocenters. The van der Waals surface area contributed by atoms with Crippen molar-refractivity contribution in [3.8, 4) is 45.4 Å². The molecule has 3 aromatic carbocycles. The van der Waals surface area contributed by atoms with E-state index < -0.39 is 20.1 Å². The van der Waals surface area contributed by atoms with Crippen LogP contribution in [-0.4, -0.2) is 68.9 Å². The van der Waals surface area contributed by atoms with E-state index in [1.807, 2.05) is 6.07 Å². The molecule has 3 heterocycles. The van der Waals surface area contributed by atoms with Crippen LogP contribution in [0.3, 0.4) is 0 Å². The Morgan fingerprint density at radius 2 is 1.19 bits per heavy atom. The van der Waals surface area contributed by atoms with Crippen LogP contribution in [0.5, 0.6) is 23.0 Å². The van der Waals surface area contributed by atoms with Gasteiger partial charge in [0.2, 0.25) is 0 Å². The SMILES string of the molecule is COc1ccc(-c2cccc([C@H]3COB(O)C3)c2)cc1OC1CCCC1.COc1ccc(-c2nc([C@@H]3COB(O)C3)ccc2F)cc1OC1CCCC1. The van der Waals surface area contributed by atoms with Gasteiger partial charge >= 0.3 is 14.2 Å². The lowest BCUT2D eigenvalue weighted by molar-refractivity contribution is 0.201. The minimum atomic E-state index is -0.780. The maximum absolute atomic E-state index is 14.5. The van der Waals surface area contributed by atoms with Crippen molar-refractivity contribution < 1.29 is 42.7 Å². The van der Waals surface area contributed by atoms with Gasteiger partial charge in [-0.15, -0.1) is 0 Å². The largest absolute Gasteiger partial charge is 0.493 e. The van der Waals surface area contributed by atoms with Crippen molar-refractivity contribution in [1.29, 1.82) is 0 Å². The minimum absolute atomic E-state index is 0.0354. The van der Waals surface area contributed by atoms with E-state index in [9.17, 15) is 14.4 Å². The number of benzene rings is 3. The summed E-state index contributed by atoms with van der Waals surface area (Å²) in [6, 6.07) is 23.0. The molecule has 4 aromatic rings. The number of hydrogen-bond donors (Lipinski definition) is 2. The summed E-state index contributed by atoms with van der Waals surface area (Å²) >= 11 is 0. The number of halogens is 1. The number of aromatic nitrogens is 1. The van der Waals surface area contributed by atoms with Crippen LogP contribution in [0.2, 0.25) is 12.6 Å². The van der Waals surface area contributed by atoms with Crippen LogP contribution in [0.1, 0.15) is 74.5 Å². The first-order valence-electron chi connectivity index (χ1n) is 18.9. The lowest BCUT2D eigenvalue weighted by Gasteiger charge is -2.17. The van der Waals surface area contributed by atoms with Gasteiger partial charge in [-0.25, -0.2) is 9.37 Å². The average molecular weight is 723 g/mol. The Bertz CT molecular complexity index is 1840. The molecule has 0 radical (unpaired) electrons. The Kier molecular flexibility index (Phi) is 12.2. The summed E-state index contributed by atoms with van der Waals surface area (Å²) in [6.45, 7) is 0.959. The van der Waals surface area contributed by atoms with Crippen molar-refractivity contribution >= 4 is 14.2 Å². The smallest absolute Gasteiger partial charge is 0.454 e. The molecular weight excluding hydrogens is 675 g/mol. The predicted molar refractivity (Wildman–Crippen MR) is 203 cm³/mol. The molecule has 2 saturated heterocycles. The number of hydrogen-bond acceptors (Lipinski definition) is 9. The maximum Gasteiger partial charge on any atom is 0.454 e. The third-order valence-electron chi connectivity index (χ3n) is 10.7. The van der Waals surface area contributed by atoms with Crippen molar-refractivity contribution in [3.05, 3.63) is 89.9 Å². The summed E-state index contributed by atoms with van der Waals surface area (Å²) in [5.41, 5.74) is 5.09. The Balaban J connectivity index is 0.000000164. The van der Waals surface area contributed by atoms with Crippen LogP contribution in [0.15, 0.2) is 72.8 Å². The van der Waals surface area contributed by atoms with E-state index in [0.717, 1.165) is 54.0 Å². The normalized spacial score (nSPS) is 20.4. The second kappa shape index (κ2) is 17.4. The summed E-state index contributed by atoms with van der Waals surface area (Å²) < 4.78 is 48.3. The number of ether oxygens (including phenoxy) is 4. The summed E-state index contributed by atoms with van der Waals surface area (Å²) in [7, 11) is 1.86. The zero-order chi connectivity index (χ0) is 36.7. The molecule has 278 valence electrons. The van der Waals surface area contributed by atoms with Crippen molar-refractivity contribution in [1.82, 2.24) is 4.98 Å². The maximum atomic E-state index is 14.5. The summed E-state index contributed by atoms with van der Waals surface area (Å²) in [4.78, 5) is 4.52. The highest BCUT2D eigenvalue weighted by molar-refractivity contribution is 6.44. The van der Waals surface area contributed by atoms with Gasteiger partial charge in [-0.05, 0) is 123 Å². The van der Waals surface area contributed by atoms with Gasteiger partial charge in [0.25, 0.3) is 0 Å². The van der Waals surface area contributed by atoms with Crippen molar-refractivity contribution in [2.45, 2.75) is 88.1 Å². The average Bonchev–Trinajstić information content (AvgIpc) is 4.03. The molecule has 2 N–H and O–H groups in total. The topological polar surface area (TPSA) is 109 Å². The fourth-order valence-corrected chi connectivity index (χ4v) is 7.75. The molecule has 1 aromatic heterocycles. The second-order valence-electron chi connectivity index (χ2n) is 14.4. The molecule has 0 amide bonds. The minimum Gasteiger partial charge on any atom is -0.493 e. The summed E-state index contributed by atoms with van der Waals surface area (Å²) in [6.07, 6.45) is 10.7. The number of pyridine rings is 1. The third kappa shape index (κ3) is 9.17. The van der Waals surface area contributed by atoms with Crippen LogP contribution in [0.25, 0.3) is 22.4 Å². The predicted octanol–water partition coefficient (Wildman–Crippen LogP) is 8.09. The highest BCUT2D eigenvalue weighted by Gasteiger charge is 2.32. The Hall–Kier alpha value is -4.09. The molecule has 0 spiro atoms. The van der Waals surface area contributed by atoms with Gasteiger partial charge in [0.1, 0.15) is 11.5 Å². The van der Waals surface area contributed by atoms with E-state index in [-0.39, 0.29) is 23.6 Å². The van der Waals surface area contributed by atoms with Gasteiger partial charge in [0, 0.05) is 36.3 Å². The Morgan fingerprint density at radius 1 is 0.642 bits per heavy atom. The zero-order valence-electron chi connectivity index (χ0n) is 30.5. The fourth-order valence-electron chi connectivity index (χ4n) is 7.75. The molecule has 12 heteroatoms. The van der Waals surface area contributed by atoms with E-state index in [1.165, 1.54) is 37.3 Å². The van der Waals surface area contributed by atoms with Gasteiger partial charge in [-0.1, -0.05) is 30.3 Å². The molecule has 8 rings (SSSR count). The van der Waals surface area contributed by atoms with E-state index in [0.29, 0.717) is 49.0 Å². The van der Waals surface area contributed by atoms with Crippen LogP contribution in [0.4, 0.5) is 4.39 Å². The molecular formula is C41H48B2FNO8. The second-order valence-corrected chi connectivity index (χ2v) is 14.4. The van der Waals surface area contributed by atoms with Crippen molar-refractivity contribution in [2.24, 2.45) is 0 Å². The molecule has 4 aliphatic rings. The van der Waals surface area contributed by atoms with Crippen LogP contribution < -0.4 is 18.9 Å². The van der Waals surface area contributed by atoms with Crippen molar-refractivity contribution in [3.63, 3.8) is 0 Å². The van der Waals surface area contributed by atoms with Gasteiger partial charge < -0.3 is 38.3 Å². The molecule has 2 atom stereocenters. The molecule has 2 aliphatic carbocycles. The highest BCUT2D eigenvalue weighted by atomic mass is 19.1. The van der Waals surface area contributed by atoms with Gasteiger partial charge in [0.05, 0.1) is 26.4 Å². The number of nitrogens with zero attached hydrogens (tertiary/aromatic N) is 1. The summed E-state index contributed by atoms with van der Waals surface area (Å²) in [5.74, 6) is 2.67. The van der Waals surface area contributed by atoms with Crippen LogP contribution in [-0.2, 0) is 9.31 Å². The van der Waals surface area contributed by atoms with Gasteiger partial charge in [0.15, 0.2) is 23.0 Å².